The molecule has 0 saturated carbocycles. The number of carboxylic acids is 1. The Balaban J connectivity index is 2.62. The number of hydrogen-bond donors (Lipinski definition) is 1. The number of fused-ring (bicyclic) bond motifs is 1. The molecule has 2 rings (SSSR count). The van der Waals surface area contributed by atoms with Crippen molar-refractivity contribution in [1.29, 1.82) is 0 Å². The van der Waals surface area contributed by atoms with E-state index in [1.807, 2.05) is 24.3 Å². The fourth-order valence-electron chi connectivity index (χ4n) is 1.34. The average molecular weight is 345 g/mol. The zero-order valence-corrected chi connectivity index (χ0v) is 10.7. The van der Waals surface area contributed by atoms with Crippen molar-refractivity contribution >= 4 is 49.5 Å². The number of halogens is 2. The van der Waals surface area contributed by atoms with E-state index in [0.717, 1.165) is 9.17 Å². The molecule has 1 aliphatic heterocycles. The molecular formula is C9H6Cl2O2Te. The summed E-state index contributed by atoms with van der Waals surface area (Å²) in [5, 5.41) is 8.93. The van der Waals surface area contributed by atoms with Gasteiger partial charge in [0.05, 0.1) is 0 Å². The molecule has 0 atom stereocenters. The van der Waals surface area contributed by atoms with E-state index in [1.165, 1.54) is 0 Å². The third kappa shape index (κ3) is 1.45. The molecule has 5 heteroatoms. The van der Waals surface area contributed by atoms with Gasteiger partial charge in [0.25, 0.3) is 0 Å². The summed E-state index contributed by atoms with van der Waals surface area (Å²) in [6.45, 7) is 0. The Kier molecular flexibility index (Phi) is 2.53. The number of carboxylic acid groups (broad SMARTS) is 1. The van der Waals surface area contributed by atoms with Crippen LogP contribution in [0.4, 0.5) is 0 Å². The number of carbonyl (C=O) groups is 1. The molecule has 1 aromatic rings. The van der Waals surface area contributed by atoms with E-state index in [-0.39, 0.29) is 3.62 Å². The van der Waals surface area contributed by atoms with Gasteiger partial charge in [-0.15, -0.1) is 0 Å². The van der Waals surface area contributed by atoms with Gasteiger partial charge in [-0.25, -0.2) is 0 Å². The number of rotatable bonds is 1. The van der Waals surface area contributed by atoms with Gasteiger partial charge in [0.15, 0.2) is 0 Å². The molecule has 0 amide bonds. The summed E-state index contributed by atoms with van der Waals surface area (Å²) < 4.78 is 1.01. The normalized spacial score (nSPS) is 19.7. The van der Waals surface area contributed by atoms with Gasteiger partial charge < -0.3 is 0 Å². The van der Waals surface area contributed by atoms with E-state index >= 15 is 0 Å². The Hall–Kier alpha value is -0.200. The fraction of sp³-hybridized carbons (Fsp3) is 0. The van der Waals surface area contributed by atoms with Gasteiger partial charge in [-0.1, -0.05) is 0 Å². The van der Waals surface area contributed by atoms with E-state index in [4.69, 9.17) is 23.0 Å². The molecule has 0 spiro atoms. The molecule has 0 radical (unpaired) electrons. The first-order valence-electron chi connectivity index (χ1n) is 3.80. The summed E-state index contributed by atoms with van der Waals surface area (Å²) in [6.07, 6.45) is 1.58. The second-order valence-electron chi connectivity index (χ2n) is 2.82. The maximum absolute atomic E-state index is 10.9. The first-order chi connectivity index (χ1) is 6.53. The average Bonchev–Trinajstić information content (AvgIpc) is 2.39. The maximum atomic E-state index is 10.9. The SMILES string of the molecule is O=C(O)C1=Cc2ccccc2[Te]1(Cl)Cl. The molecule has 0 aliphatic carbocycles. The fourth-order valence-corrected chi connectivity index (χ4v) is 8.71. The van der Waals surface area contributed by atoms with Crippen molar-refractivity contribution in [2.75, 3.05) is 0 Å². The molecule has 2 nitrogen and oxygen atoms in total. The zero-order chi connectivity index (χ0) is 10.3. The van der Waals surface area contributed by atoms with E-state index in [1.54, 1.807) is 6.08 Å². The van der Waals surface area contributed by atoms with Crippen molar-refractivity contribution in [2.24, 2.45) is 0 Å². The summed E-state index contributed by atoms with van der Waals surface area (Å²) in [5.74, 6) is -1.01. The number of benzene rings is 1. The molecule has 0 fully saturated rings. The Morgan fingerprint density at radius 1 is 1.29 bits per heavy atom. The van der Waals surface area contributed by atoms with Crippen LogP contribution in [0.1, 0.15) is 5.56 Å². The van der Waals surface area contributed by atoms with Crippen LogP contribution in [0.15, 0.2) is 27.9 Å². The molecular weight excluding hydrogens is 339 g/mol. The van der Waals surface area contributed by atoms with E-state index in [9.17, 15) is 4.79 Å². The van der Waals surface area contributed by atoms with Crippen LogP contribution in [0, 0.1) is 0 Å². The van der Waals surface area contributed by atoms with E-state index in [0.29, 0.717) is 0 Å². The molecule has 0 bridgehead atoms. The monoisotopic (exact) mass is 346 g/mol. The third-order valence-corrected chi connectivity index (χ3v) is 11.5. The third-order valence-electron chi connectivity index (χ3n) is 1.97. The summed E-state index contributed by atoms with van der Waals surface area (Å²) in [5.41, 5.74) is 0.844. The minimum absolute atomic E-state index is 0.192. The minimum atomic E-state index is -3.51. The molecule has 74 valence electrons. The molecule has 14 heavy (non-hydrogen) atoms. The Labute approximate surface area is 92.4 Å². The first-order valence-corrected chi connectivity index (χ1v) is 12.0. The summed E-state index contributed by atoms with van der Waals surface area (Å²) in [7, 11) is 12.3. The summed E-state index contributed by atoms with van der Waals surface area (Å²) in [6, 6.07) is 7.30. The summed E-state index contributed by atoms with van der Waals surface area (Å²) in [4.78, 5) is 10.9. The molecule has 1 N–H and O–H groups in total. The zero-order valence-electron chi connectivity index (χ0n) is 6.91. The van der Waals surface area contributed by atoms with Crippen LogP contribution in [0.5, 0.6) is 0 Å². The van der Waals surface area contributed by atoms with Gasteiger partial charge in [-0.3, -0.25) is 0 Å². The quantitative estimate of drug-likeness (QED) is 0.789. The van der Waals surface area contributed by atoms with Gasteiger partial charge in [0.2, 0.25) is 0 Å². The Bertz CT molecular complexity index is 440. The van der Waals surface area contributed by atoms with Gasteiger partial charge in [-0.05, 0) is 0 Å². The van der Waals surface area contributed by atoms with Crippen LogP contribution in [-0.2, 0) is 4.79 Å². The van der Waals surface area contributed by atoms with Crippen LogP contribution in [-0.4, -0.2) is 27.0 Å². The number of aliphatic carboxylic acids is 1. The van der Waals surface area contributed by atoms with Crippen molar-refractivity contribution < 1.29 is 9.90 Å². The van der Waals surface area contributed by atoms with Crippen molar-refractivity contribution in [3.8, 4) is 0 Å². The molecule has 0 aromatic heterocycles. The van der Waals surface area contributed by atoms with Gasteiger partial charge in [0, 0.05) is 0 Å². The van der Waals surface area contributed by atoms with Gasteiger partial charge in [0.1, 0.15) is 0 Å². The Morgan fingerprint density at radius 3 is 2.50 bits per heavy atom. The number of hydrogen-bond acceptors (Lipinski definition) is 1. The second kappa shape index (κ2) is 3.43. The predicted molar refractivity (Wildman–Crippen MR) is 59.1 cm³/mol. The van der Waals surface area contributed by atoms with Crippen LogP contribution in [0.2, 0.25) is 0 Å². The van der Waals surface area contributed by atoms with Crippen LogP contribution < -0.4 is 3.61 Å². The van der Waals surface area contributed by atoms with E-state index in [2.05, 4.69) is 0 Å². The van der Waals surface area contributed by atoms with E-state index < -0.39 is 21.9 Å². The topological polar surface area (TPSA) is 37.3 Å². The summed E-state index contributed by atoms with van der Waals surface area (Å²) >= 11 is -3.51. The molecule has 1 aliphatic rings. The van der Waals surface area contributed by atoms with Gasteiger partial charge >= 0.3 is 92.9 Å². The molecule has 1 aromatic carbocycles. The standard InChI is InChI=1S/C9H6Cl2O2Te/c10-14(11)7-4-2-1-3-6(7)5-8(14)9(12)13/h1-5H,(H,12,13). The second-order valence-corrected chi connectivity index (χ2v) is 15.3. The van der Waals surface area contributed by atoms with Crippen molar-refractivity contribution in [3.63, 3.8) is 0 Å². The van der Waals surface area contributed by atoms with Gasteiger partial charge in [-0.2, -0.15) is 0 Å². The first kappa shape index (κ1) is 10.3. The predicted octanol–water partition coefficient (Wildman–Crippen LogP) is 1.83. The van der Waals surface area contributed by atoms with Crippen LogP contribution >= 0.6 is 17.9 Å². The van der Waals surface area contributed by atoms with Crippen LogP contribution in [0.3, 0.4) is 0 Å². The van der Waals surface area contributed by atoms with Crippen molar-refractivity contribution in [2.45, 2.75) is 0 Å². The van der Waals surface area contributed by atoms with Crippen molar-refractivity contribution in [1.82, 2.24) is 0 Å². The van der Waals surface area contributed by atoms with Crippen molar-refractivity contribution in [3.05, 3.63) is 33.4 Å². The Morgan fingerprint density at radius 2 is 1.93 bits per heavy atom. The molecule has 1 heterocycles. The molecule has 0 saturated heterocycles. The molecule has 0 unspecified atom stereocenters. The van der Waals surface area contributed by atoms with Crippen LogP contribution in [0.25, 0.3) is 6.08 Å².